The van der Waals surface area contributed by atoms with E-state index in [1.54, 1.807) is 12.1 Å². The van der Waals surface area contributed by atoms with E-state index in [1.165, 1.54) is 6.07 Å². The van der Waals surface area contributed by atoms with Crippen molar-refractivity contribution in [1.82, 2.24) is 5.32 Å². The third kappa shape index (κ3) is 6.96. The molecular formula is C19H24ClN3O4S2. The van der Waals surface area contributed by atoms with Crippen LogP contribution in [0.5, 0.6) is 5.75 Å². The van der Waals surface area contributed by atoms with Gasteiger partial charge >= 0.3 is 0 Å². The molecule has 0 radical (unpaired) electrons. The highest BCUT2D eigenvalue weighted by Crippen LogP contribution is 2.32. The SMILES string of the molecule is Cc1ccc(C#N)c(OC[C@@H](O)CNC(C)(C)Cc2sc(S(N)(=O)=O)cc2Cl)c1. The van der Waals surface area contributed by atoms with Crippen LogP contribution in [-0.2, 0) is 16.4 Å². The van der Waals surface area contributed by atoms with Gasteiger partial charge in [-0.1, -0.05) is 17.7 Å². The number of ether oxygens (including phenoxy) is 1. The van der Waals surface area contributed by atoms with Crippen LogP contribution in [0.2, 0.25) is 5.02 Å². The van der Waals surface area contributed by atoms with Crippen molar-refractivity contribution in [2.75, 3.05) is 13.2 Å². The van der Waals surface area contributed by atoms with Crippen LogP contribution in [-0.4, -0.2) is 38.3 Å². The van der Waals surface area contributed by atoms with Crippen LogP contribution in [0.15, 0.2) is 28.5 Å². The standard InChI is InChI=1S/C19H24ClN3O4S2/c1-12-4-5-13(9-21)16(6-12)27-11-14(24)10-23-19(2,3)8-17-15(20)7-18(28-17)29(22,25)26/h4-7,14,23-24H,8,10-11H2,1-3H3,(H2,22,25,26)/t14-/m0/s1. The molecule has 10 heteroatoms. The normalized spacial score (nSPS) is 13.1. The first-order valence-corrected chi connectivity index (χ1v) is 11.5. The zero-order valence-electron chi connectivity index (χ0n) is 16.4. The van der Waals surface area contributed by atoms with E-state index in [1.807, 2.05) is 26.8 Å². The number of nitrogens with two attached hydrogens (primary N) is 1. The Morgan fingerprint density at radius 3 is 2.69 bits per heavy atom. The van der Waals surface area contributed by atoms with Gasteiger partial charge in [-0.3, -0.25) is 0 Å². The molecule has 0 saturated carbocycles. The molecule has 158 valence electrons. The molecule has 0 spiro atoms. The smallest absolute Gasteiger partial charge is 0.247 e. The molecule has 0 aliphatic carbocycles. The van der Waals surface area contributed by atoms with E-state index >= 15 is 0 Å². The van der Waals surface area contributed by atoms with Gasteiger partial charge in [0, 0.05) is 23.4 Å². The van der Waals surface area contributed by atoms with Crippen molar-refractivity contribution in [3.63, 3.8) is 0 Å². The number of aliphatic hydroxyl groups excluding tert-OH is 1. The third-order valence-electron chi connectivity index (χ3n) is 4.12. The second-order valence-corrected chi connectivity index (χ2v) is 10.7. The number of nitrogens with zero attached hydrogens (tertiary/aromatic N) is 1. The average Bonchev–Trinajstić information content (AvgIpc) is 2.98. The Morgan fingerprint density at radius 2 is 2.10 bits per heavy atom. The summed E-state index contributed by atoms with van der Waals surface area (Å²) >= 11 is 7.18. The van der Waals surface area contributed by atoms with E-state index in [0.29, 0.717) is 27.6 Å². The number of hydrogen-bond donors (Lipinski definition) is 3. The van der Waals surface area contributed by atoms with Crippen molar-refractivity contribution in [2.24, 2.45) is 5.14 Å². The van der Waals surface area contributed by atoms with Crippen LogP contribution in [0, 0.1) is 18.3 Å². The maximum Gasteiger partial charge on any atom is 0.247 e. The minimum absolute atomic E-state index is 0.0215. The number of nitrogens with one attached hydrogen (secondary N) is 1. The van der Waals surface area contributed by atoms with Crippen LogP contribution in [0.25, 0.3) is 0 Å². The Kier molecular flexibility index (Phi) is 7.67. The van der Waals surface area contributed by atoms with Crippen molar-refractivity contribution in [3.8, 4) is 11.8 Å². The highest BCUT2D eigenvalue weighted by Gasteiger charge is 2.24. The number of halogens is 1. The average molecular weight is 458 g/mol. The molecule has 2 rings (SSSR count). The summed E-state index contributed by atoms with van der Waals surface area (Å²) in [6, 6.07) is 8.67. The van der Waals surface area contributed by atoms with Gasteiger partial charge in [-0.2, -0.15) is 5.26 Å². The Morgan fingerprint density at radius 1 is 1.41 bits per heavy atom. The van der Waals surface area contributed by atoms with E-state index < -0.39 is 21.7 Å². The van der Waals surface area contributed by atoms with Gasteiger partial charge in [-0.05, 0) is 44.5 Å². The molecule has 1 heterocycles. The van der Waals surface area contributed by atoms with Crippen molar-refractivity contribution in [2.45, 2.75) is 43.0 Å². The van der Waals surface area contributed by atoms with E-state index in [4.69, 9.17) is 26.7 Å². The first-order valence-electron chi connectivity index (χ1n) is 8.79. The largest absolute Gasteiger partial charge is 0.489 e. The molecular weight excluding hydrogens is 434 g/mol. The number of hydrogen-bond acceptors (Lipinski definition) is 7. The van der Waals surface area contributed by atoms with Crippen molar-refractivity contribution in [1.29, 1.82) is 5.26 Å². The van der Waals surface area contributed by atoms with Gasteiger partial charge in [-0.25, -0.2) is 13.6 Å². The summed E-state index contributed by atoms with van der Waals surface area (Å²) in [5, 5.41) is 28.1. The molecule has 0 fully saturated rings. The maximum absolute atomic E-state index is 11.5. The van der Waals surface area contributed by atoms with Gasteiger partial charge in [0.1, 0.15) is 28.7 Å². The lowest BCUT2D eigenvalue weighted by Gasteiger charge is -2.27. The second-order valence-electron chi connectivity index (χ2n) is 7.40. The summed E-state index contributed by atoms with van der Waals surface area (Å²) in [5.41, 5.74) is 0.903. The molecule has 29 heavy (non-hydrogen) atoms. The highest BCUT2D eigenvalue weighted by atomic mass is 35.5. The molecule has 0 bridgehead atoms. The quantitative estimate of drug-likeness (QED) is 0.531. The molecule has 0 amide bonds. The minimum Gasteiger partial charge on any atom is -0.489 e. The van der Waals surface area contributed by atoms with E-state index in [2.05, 4.69) is 11.4 Å². The Bertz CT molecular complexity index is 1010. The number of β-amino-alcohol motifs (C(OH)–C–C–N with tert-alkyl or cyclic N) is 1. The number of thiophene rings is 1. The molecule has 0 saturated heterocycles. The summed E-state index contributed by atoms with van der Waals surface area (Å²) in [5.74, 6) is 0.437. The summed E-state index contributed by atoms with van der Waals surface area (Å²) in [6.07, 6.45) is -0.351. The van der Waals surface area contributed by atoms with Crippen LogP contribution >= 0.6 is 22.9 Å². The lowest BCUT2D eigenvalue weighted by atomic mass is 9.99. The monoisotopic (exact) mass is 457 g/mol. The number of aryl methyl sites for hydroxylation is 1. The van der Waals surface area contributed by atoms with Gasteiger partial charge in [0.2, 0.25) is 10.0 Å². The van der Waals surface area contributed by atoms with E-state index in [0.717, 1.165) is 16.9 Å². The van der Waals surface area contributed by atoms with E-state index in [-0.39, 0.29) is 17.4 Å². The molecule has 7 nitrogen and oxygen atoms in total. The molecule has 0 unspecified atom stereocenters. The topological polar surface area (TPSA) is 125 Å². The number of aliphatic hydroxyl groups is 1. The predicted octanol–water partition coefficient (Wildman–Crippen LogP) is 2.58. The first-order chi connectivity index (χ1) is 13.4. The Hall–Kier alpha value is -1.67. The number of nitriles is 1. The lowest BCUT2D eigenvalue weighted by Crippen LogP contribution is -2.46. The predicted molar refractivity (Wildman–Crippen MR) is 114 cm³/mol. The minimum atomic E-state index is -3.79. The molecule has 0 aliphatic rings. The highest BCUT2D eigenvalue weighted by molar-refractivity contribution is 7.91. The maximum atomic E-state index is 11.5. The van der Waals surface area contributed by atoms with Gasteiger partial charge in [-0.15, -0.1) is 11.3 Å². The molecule has 1 atom stereocenters. The van der Waals surface area contributed by atoms with Crippen LogP contribution in [0.4, 0.5) is 0 Å². The van der Waals surface area contributed by atoms with Crippen LogP contribution in [0.3, 0.4) is 0 Å². The van der Waals surface area contributed by atoms with Crippen LogP contribution in [0.1, 0.15) is 29.9 Å². The molecule has 1 aromatic heterocycles. The lowest BCUT2D eigenvalue weighted by molar-refractivity contribution is 0.0987. The fraction of sp³-hybridized carbons (Fsp3) is 0.421. The molecule has 1 aromatic carbocycles. The number of primary sulfonamides is 1. The Balaban J connectivity index is 1.92. The van der Waals surface area contributed by atoms with Gasteiger partial charge < -0.3 is 15.2 Å². The molecule has 0 aliphatic heterocycles. The first kappa shape index (κ1) is 23.6. The second kappa shape index (κ2) is 9.43. The zero-order valence-corrected chi connectivity index (χ0v) is 18.8. The van der Waals surface area contributed by atoms with Crippen LogP contribution < -0.4 is 15.2 Å². The number of sulfonamides is 1. The molecule has 2 aromatic rings. The number of rotatable bonds is 9. The van der Waals surface area contributed by atoms with Crippen molar-refractivity contribution in [3.05, 3.63) is 45.3 Å². The third-order valence-corrected chi connectivity index (χ3v) is 7.13. The van der Waals surface area contributed by atoms with Gasteiger partial charge in [0.25, 0.3) is 0 Å². The summed E-state index contributed by atoms with van der Waals surface area (Å²) in [6.45, 7) is 6.00. The fourth-order valence-corrected chi connectivity index (χ4v) is 5.07. The zero-order chi connectivity index (χ0) is 21.8. The van der Waals surface area contributed by atoms with Gasteiger partial charge in [0.05, 0.1) is 10.6 Å². The molecule has 4 N–H and O–H groups in total. The fourth-order valence-electron chi connectivity index (χ4n) is 2.59. The van der Waals surface area contributed by atoms with Gasteiger partial charge in [0.15, 0.2) is 0 Å². The van der Waals surface area contributed by atoms with Crippen molar-refractivity contribution < 1.29 is 18.3 Å². The van der Waals surface area contributed by atoms with Crippen molar-refractivity contribution >= 4 is 33.0 Å². The Labute approximate surface area is 180 Å². The summed E-state index contributed by atoms with van der Waals surface area (Å²) in [7, 11) is -3.79. The van der Waals surface area contributed by atoms with E-state index in [9.17, 15) is 13.5 Å². The number of benzene rings is 1. The summed E-state index contributed by atoms with van der Waals surface area (Å²) < 4.78 is 28.6. The summed E-state index contributed by atoms with van der Waals surface area (Å²) in [4.78, 5) is 0.692.